The van der Waals surface area contributed by atoms with Crippen LogP contribution in [0.3, 0.4) is 0 Å². The van der Waals surface area contributed by atoms with Crippen LogP contribution in [0.2, 0.25) is 0 Å². The quantitative estimate of drug-likeness (QED) is 0.869. The summed E-state index contributed by atoms with van der Waals surface area (Å²) < 4.78 is 25.7. The van der Waals surface area contributed by atoms with E-state index in [0.29, 0.717) is 34.4 Å². The van der Waals surface area contributed by atoms with Crippen LogP contribution < -0.4 is 9.62 Å². The lowest BCUT2D eigenvalue weighted by molar-refractivity contribution is 0.102. The number of hydrogen-bond donors (Lipinski definition) is 1. The number of sulfonamides is 1. The van der Waals surface area contributed by atoms with Gasteiger partial charge in [-0.05, 0) is 52.2 Å². The van der Waals surface area contributed by atoms with Gasteiger partial charge >= 0.3 is 0 Å². The maximum atomic E-state index is 12.3. The first kappa shape index (κ1) is 16.0. The van der Waals surface area contributed by atoms with E-state index in [-0.39, 0.29) is 5.91 Å². The first-order chi connectivity index (χ1) is 10.9. The third-order valence-corrected chi connectivity index (χ3v) is 5.59. The molecule has 0 radical (unpaired) electrons. The molecule has 0 bridgehead atoms. The number of carbonyl (C=O) groups is 1. The topological polar surface area (TPSA) is 66.5 Å². The lowest BCUT2D eigenvalue weighted by Gasteiger charge is -2.17. The average molecular weight is 395 g/mol. The number of nitrogens with one attached hydrogen (secondary N) is 1. The van der Waals surface area contributed by atoms with Crippen LogP contribution in [0.25, 0.3) is 0 Å². The van der Waals surface area contributed by atoms with Gasteiger partial charge in [0.25, 0.3) is 5.91 Å². The highest BCUT2D eigenvalue weighted by Crippen LogP contribution is 2.32. The van der Waals surface area contributed by atoms with Crippen molar-refractivity contribution in [3.05, 3.63) is 58.1 Å². The van der Waals surface area contributed by atoms with Crippen molar-refractivity contribution in [1.82, 2.24) is 0 Å². The number of anilines is 2. The number of hydrogen-bond acceptors (Lipinski definition) is 3. The van der Waals surface area contributed by atoms with E-state index in [9.17, 15) is 13.2 Å². The number of benzene rings is 2. The number of halogens is 1. The summed E-state index contributed by atoms with van der Waals surface area (Å²) in [6, 6.07) is 12.5. The van der Waals surface area contributed by atoms with Gasteiger partial charge in [-0.15, -0.1) is 0 Å². The zero-order valence-corrected chi connectivity index (χ0v) is 14.8. The SMILES string of the molecule is CS(=O)(=O)N1CCc2ccc(NC(=O)c3ccccc3Br)cc21. The summed E-state index contributed by atoms with van der Waals surface area (Å²) >= 11 is 3.35. The number of nitrogens with zero attached hydrogens (tertiary/aromatic N) is 1. The highest BCUT2D eigenvalue weighted by Gasteiger charge is 2.26. The minimum absolute atomic E-state index is 0.249. The summed E-state index contributed by atoms with van der Waals surface area (Å²) in [5.41, 5.74) is 2.69. The Labute approximate surface area is 143 Å². The fraction of sp³-hybridized carbons (Fsp3) is 0.188. The molecule has 0 unspecified atom stereocenters. The predicted molar refractivity (Wildman–Crippen MR) is 94.4 cm³/mol. The molecule has 0 atom stereocenters. The third kappa shape index (κ3) is 3.25. The molecule has 0 spiro atoms. The van der Waals surface area contributed by atoms with Crippen molar-refractivity contribution in [2.45, 2.75) is 6.42 Å². The molecule has 3 rings (SSSR count). The van der Waals surface area contributed by atoms with Crippen LogP contribution >= 0.6 is 15.9 Å². The van der Waals surface area contributed by atoms with Crippen molar-refractivity contribution in [3.63, 3.8) is 0 Å². The van der Waals surface area contributed by atoms with Gasteiger partial charge in [-0.2, -0.15) is 0 Å². The molecule has 1 heterocycles. The lowest BCUT2D eigenvalue weighted by Crippen LogP contribution is -2.27. The second-order valence-electron chi connectivity index (χ2n) is 5.36. The van der Waals surface area contributed by atoms with Crippen LogP contribution in [-0.2, 0) is 16.4 Å². The normalized spacial score (nSPS) is 13.7. The first-order valence-corrected chi connectivity index (χ1v) is 9.67. The van der Waals surface area contributed by atoms with Gasteiger partial charge in [0.05, 0.1) is 17.5 Å². The fourth-order valence-corrected chi connectivity index (χ4v) is 4.03. The van der Waals surface area contributed by atoms with E-state index in [1.54, 1.807) is 30.3 Å². The van der Waals surface area contributed by atoms with Crippen molar-refractivity contribution in [1.29, 1.82) is 0 Å². The summed E-state index contributed by atoms with van der Waals surface area (Å²) in [6.45, 7) is 0.440. The Morgan fingerprint density at radius 2 is 1.96 bits per heavy atom. The van der Waals surface area contributed by atoms with Crippen molar-refractivity contribution in [2.24, 2.45) is 0 Å². The Kier molecular flexibility index (Phi) is 4.16. The highest BCUT2D eigenvalue weighted by molar-refractivity contribution is 9.10. The van der Waals surface area contributed by atoms with Gasteiger partial charge in [-0.1, -0.05) is 18.2 Å². The zero-order valence-electron chi connectivity index (χ0n) is 12.4. The molecule has 0 saturated carbocycles. The summed E-state index contributed by atoms with van der Waals surface area (Å²) in [5.74, 6) is -0.249. The summed E-state index contributed by atoms with van der Waals surface area (Å²) in [4.78, 5) is 12.3. The van der Waals surface area contributed by atoms with Gasteiger partial charge < -0.3 is 5.32 Å². The maximum Gasteiger partial charge on any atom is 0.256 e. The molecule has 120 valence electrons. The number of carbonyl (C=O) groups excluding carboxylic acids is 1. The van der Waals surface area contributed by atoms with E-state index in [1.807, 2.05) is 12.1 Å². The zero-order chi connectivity index (χ0) is 16.6. The first-order valence-electron chi connectivity index (χ1n) is 7.03. The number of amides is 1. The van der Waals surface area contributed by atoms with E-state index in [2.05, 4.69) is 21.2 Å². The Morgan fingerprint density at radius 3 is 2.65 bits per heavy atom. The second-order valence-corrected chi connectivity index (χ2v) is 8.12. The second kappa shape index (κ2) is 5.98. The van der Waals surface area contributed by atoms with Crippen LogP contribution in [0.5, 0.6) is 0 Å². The van der Waals surface area contributed by atoms with Crippen molar-refractivity contribution >= 4 is 43.2 Å². The largest absolute Gasteiger partial charge is 0.322 e. The molecule has 2 aromatic carbocycles. The Balaban J connectivity index is 1.89. The third-order valence-electron chi connectivity index (χ3n) is 3.71. The average Bonchev–Trinajstić information content (AvgIpc) is 2.90. The monoisotopic (exact) mass is 394 g/mol. The van der Waals surface area contributed by atoms with Gasteiger partial charge in [0, 0.05) is 16.7 Å². The van der Waals surface area contributed by atoms with Crippen LogP contribution in [0, 0.1) is 0 Å². The Hall–Kier alpha value is -1.86. The van der Waals surface area contributed by atoms with E-state index in [1.165, 1.54) is 10.6 Å². The van der Waals surface area contributed by atoms with Crippen molar-refractivity contribution in [3.8, 4) is 0 Å². The molecule has 7 heteroatoms. The molecule has 0 aromatic heterocycles. The molecule has 0 fully saturated rings. The smallest absolute Gasteiger partial charge is 0.256 e. The molecule has 23 heavy (non-hydrogen) atoms. The van der Waals surface area contributed by atoms with Crippen LogP contribution in [-0.4, -0.2) is 27.1 Å². The van der Waals surface area contributed by atoms with E-state index >= 15 is 0 Å². The number of rotatable bonds is 3. The van der Waals surface area contributed by atoms with E-state index in [4.69, 9.17) is 0 Å². The highest BCUT2D eigenvalue weighted by atomic mass is 79.9. The molecule has 1 N–H and O–H groups in total. The maximum absolute atomic E-state index is 12.3. The number of fused-ring (bicyclic) bond motifs is 1. The molecule has 2 aromatic rings. The molecular weight excluding hydrogens is 380 g/mol. The molecule has 5 nitrogen and oxygen atoms in total. The molecule has 1 aliphatic rings. The molecule has 1 amide bonds. The fourth-order valence-electron chi connectivity index (χ4n) is 2.62. The van der Waals surface area contributed by atoms with Crippen molar-refractivity contribution < 1.29 is 13.2 Å². The molecule has 1 aliphatic heterocycles. The Bertz CT molecular complexity index is 881. The Morgan fingerprint density at radius 1 is 1.22 bits per heavy atom. The van der Waals surface area contributed by atoms with E-state index in [0.717, 1.165) is 5.56 Å². The lowest BCUT2D eigenvalue weighted by atomic mass is 10.1. The summed E-state index contributed by atoms with van der Waals surface area (Å²) in [5, 5.41) is 2.81. The van der Waals surface area contributed by atoms with Gasteiger partial charge in [0.1, 0.15) is 0 Å². The summed E-state index contributed by atoms with van der Waals surface area (Å²) in [6.07, 6.45) is 1.87. The molecule has 0 aliphatic carbocycles. The van der Waals surface area contributed by atoms with Gasteiger partial charge in [0.2, 0.25) is 10.0 Å². The minimum Gasteiger partial charge on any atom is -0.322 e. The van der Waals surface area contributed by atoms with E-state index < -0.39 is 10.0 Å². The van der Waals surface area contributed by atoms with Gasteiger partial charge in [0.15, 0.2) is 0 Å². The van der Waals surface area contributed by atoms with Crippen molar-refractivity contribution in [2.75, 3.05) is 22.4 Å². The standard InChI is InChI=1S/C16H15BrN2O3S/c1-23(21,22)19-9-8-11-6-7-12(10-15(11)19)18-16(20)13-4-2-3-5-14(13)17/h2-7,10H,8-9H2,1H3,(H,18,20). The summed E-state index contributed by atoms with van der Waals surface area (Å²) in [7, 11) is -3.31. The van der Waals surface area contributed by atoms with Crippen LogP contribution in [0.15, 0.2) is 46.9 Å². The van der Waals surface area contributed by atoms with Gasteiger partial charge in [-0.3, -0.25) is 9.10 Å². The van der Waals surface area contributed by atoms with Crippen LogP contribution in [0.1, 0.15) is 15.9 Å². The van der Waals surface area contributed by atoms with Gasteiger partial charge in [-0.25, -0.2) is 8.42 Å². The molecule has 0 saturated heterocycles. The minimum atomic E-state index is -3.31. The molecular formula is C16H15BrN2O3S. The van der Waals surface area contributed by atoms with Crippen LogP contribution in [0.4, 0.5) is 11.4 Å². The predicted octanol–water partition coefficient (Wildman–Crippen LogP) is 3.02.